The van der Waals surface area contributed by atoms with Crippen molar-refractivity contribution in [2.45, 2.75) is 18.8 Å². The van der Waals surface area contributed by atoms with Crippen LogP contribution >= 0.6 is 0 Å². The van der Waals surface area contributed by atoms with Crippen LogP contribution in [-0.4, -0.2) is 41.0 Å². The van der Waals surface area contributed by atoms with Gasteiger partial charge in [-0.25, -0.2) is 0 Å². The molecule has 48 valence electrons. The van der Waals surface area contributed by atoms with Crippen molar-refractivity contribution in [1.82, 2.24) is 4.90 Å². The lowest BCUT2D eigenvalue weighted by atomic mass is 10.3. The molecule has 2 atom stereocenters. The van der Waals surface area contributed by atoms with E-state index in [1.807, 2.05) is 0 Å². The van der Waals surface area contributed by atoms with Gasteiger partial charge in [-0.1, -0.05) is 0 Å². The van der Waals surface area contributed by atoms with Crippen molar-refractivity contribution in [3.8, 4) is 0 Å². The maximum Gasteiger partial charge on any atom is 0.133 e. The normalized spacial score (nSPS) is 40.9. The molecule has 3 heteroatoms. The molecule has 0 amide bonds. The Labute approximate surface area is 48.5 Å². The second-order valence-electron chi connectivity index (χ2n) is 2.25. The molecule has 0 aromatic carbocycles. The molecule has 1 saturated heterocycles. The number of aliphatic hydroxyl groups is 2. The Morgan fingerprint density at radius 2 is 2.12 bits per heavy atom. The smallest absolute Gasteiger partial charge is 0.133 e. The number of rotatable bonds is 0. The second kappa shape index (κ2) is 2.01. The van der Waals surface area contributed by atoms with E-state index in [1.54, 1.807) is 11.9 Å². The van der Waals surface area contributed by atoms with Crippen LogP contribution in [0, 0.1) is 0 Å². The molecular formula is C5H11NO2. The zero-order chi connectivity index (χ0) is 6.15. The summed E-state index contributed by atoms with van der Waals surface area (Å²) in [6.45, 7) is 0.794. The highest BCUT2D eigenvalue weighted by atomic mass is 16.3. The third kappa shape index (κ3) is 0.844. The highest BCUT2D eigenvalue weighted by Crippen LogP contribution is 2.11. The minimum Gasteiger partial charge on any atom is -0.389 e. The zero-order valence-electron chi connectivity index (χ0n) is 4.91. The molecule has 0 spiro atoms. The first-order valence-electron chi connectivity index (χ1n) is 2.78. The van der Waals surface area contributed by atoms with Crippen molar-refractivity contribution in [2.75, 3.05) is 13.6 Å². The fourth-order valence-corrected chi connectivity index (χ4v) is 0.911. The first-order valence-corrected chi connectivity index (χ1v) is 2.78. The van der Waals surface area contributed by atoms with E-state index in [4.69, 9.17) is 10.2 Å². The van der Waals surface area contributed by atoms with Crippen molar-refractivity contribution in [3.63, 3.8) is 0 Å². The van der Waals surface area contributed by atoms with Gasteiger partial charge in [-0.3, -0.25) is 4.90 Å². The molecule has 0 aromatic rings. The van der Waals surface area contributed by atoms with E-state index in [0.29, 0.717) is 6.42 Å². The van der Waals surface area contributed by atoms with Gasteiger partial charge in [0, 0.05) is 6.54 Å². The summed E-state index contributed by atoms with van der Waals surface area (Å²) in [5.74, 6) is 0. The minimum absolute atomic E-state index is 0.528. The summed E-state index contributed by atoms with van der Waals surface area (Å²) >= 11 is 0. The van der Waals surface area contributed by atoms with Crippen molar-refractivity contribution in [3.05, 3.63) is 0 Å². The first-order chi connectivity index (χ1) is 3.72. The van der Waals surface area contributed by atoms with Gasteiger partial charge in [-0.15, -0.1) is 0 Å². The van der Waals surface area contributed by atoms with Crippen molar-refractivity contribution < 1.29 is 10.2 Å². The monoisotopic (exact) mass is 117 g/mol. The second-order valence-corrected chi connectivity index (χ2v) is 2.25. The van der Waals surface area contributed by atoms with Crippen LogP contribution in [0.2, 0.25) is 0 Å². The Kier molecular flexibility index (Phi) is 1.51. The van der Waals surface area contributed by atoms with Crippen molar-refractivity contribution in [1.29, 1.82) is 0 Å². The summed E-state index contributed by atoms with van der Waals surface area (Å²) in [4.78, 5) is 1.73. The van der Waals surface area contributed by atoms with Crippen molar-refractivity contribution >= 4 is 0 Å². The summed E-state index contributed by atoms with van der Waals surface area (Å²) in [5.41, 5.74) is 0. The molecule has 0 saturated carbocycles. The van der Waals surface area contributed by atoms with E-state index < -0.39 is 12.3 Å². The van der Waals surface area contributed by atoms with Crippen LogP contribution in [0.3, 0.4) is 0 Å². The molecule has 2 unspecified atom stereocenters. The maximum atomic E-state index is 8.94. The minimum atomic E-state index is -0.630. The number of likely N-dealkylation sites (N-methyl/N-ethyl adjacent to an activating group) is 1. The molecule has 1 rings (SSSR count). The van der Waals surface area contributed by atoms with E-state index in [9.17, 15) is 0 Å². The number of nitrogens with zero attached hydrogens (tertiary/aromatic N) is 1. The van der Waals surface area contributed by atoms with Gasteiger partial charge >= 0.3 is 0 Å². The summed E-state index contributed by atoms with van der Waals surface area (Å²) in [7, 11) is 1.79. The van der Waals surface area contributed by atoms with Crippen LogP contribution in [0.15, 0.2) is 0 Å². The molecule has 8 heavy (non-hydrogen) atoms. The average Bonchev–Trinajstić information content (AvgIpc) is 1.98. The lowest BCUT2D eigenvalue weighted by molar-refractivity contribution is -0.0246. The third-order valence-electron chi connectivity index (χ3n) is 1.57. The molecule has 0 bridgehead atoms. The topological polar surface area (TPSA) is 43.7 Å². The maximum absolute atomic E-state index is 8.94. The Bertz CT molecular complexity index is 76.5. The van der Waals surface area contributed by atoms with Gasteiger partial charge in [0.1, 0.15) is 6.23 Å². The highest BCUT2D eigenvalue weighted by Gasteiger charge is 2.27. The highest BCUT2D eigenvalue weighted by molar-refractivity contribution is 4.75. The molecule has 0 aromatic heterocycles. The standard InChI is InChI=1S/C5H11NO2/c1-6-3-2-4(7)5(6)8/h4-5,7-8H,2-3H2,1H3. The van der Waals surface area contributed by atoms with Gasteiger partial charge in [-0.2, -0.15) is 0 Å². The number of aliphatic hydroxyl groups excluding tert-OH is 2. The van der Waals surface area contributed by atoms with Crippen LogP contribution in [0.1, 0.15) is 6.42 Å². The molecule has 0 radical (unpaired) electrons. The lowest BCUT2D eigenvalue weighted by Gasteiger charge is -2.14. The van der Waals surface area contributed by atoms with Crippen LogP contribution in [0.4, 0.5) is 0 Å². The molecule has 3 nitrogen and oxygen atoms in total. The van der Waals surface area contributed by atoms with Crippen molar-refractivity contribution in [2.24, 2.45) is 0 Å². The average molecular weight is 117 g/mol. The molecular weight excluding hydrogens is 106 g/mol. The molecule has 1 aliphatic heterocycles. The van der Waals surface area contributed by atoms with Crippen LogP contribution in [0.5, 0.6) is 0 Å². The van der Waals surface area contributed by atoms with E-state index in [2.05, 4.69) is 0 Å². The Morgan fingerprint density at radius 1 is 1.50 bits per heavy atom. The molecule has 1 fully saturated rings. The molecule has 0 aliphatic carbocycles. The lowest BCUT2D eigenvalue weighted by Crippen LogP contribution is -2.31. The Hall–Kier alpha value is -0.120. The summed E-state index contributed by atoms with van der Waals surface area (Å²) in [5, 5.41) is 17.8. The van der Waals surface area contributed by atoms with E-state index in [-0.39, 0.29) is 0 Å². The number of hydrogen-bond donors (Lipinski definition) is 2. The molecule has 1 aliphatic rings. The van der Waals surface area contributed by atoms with Gasteiger partial charge in [0.15, 0.2) is 0 Å². The van der Waals surface area contributed by atoms with Gasteiger partial charge in [0.2, 0.25) is 0 Å². The Balaban J connectivity index is 2.44. The largest absolute Gasteiger partial charge is 0.389 e. The SMILES string of the molecule is CN1CCC(O)C1O. The molecule has 1 heterocycles. The van der Waals surface area contributed by atoms with Gasteiger partial charge in [0.25, 0.3) is 0 Å². The fraction of sp³-hybridized carbons (Fsp3) is 1.00. The van der Waals surface area contributed by atoms with Crippen LogP contribution in [-0.2, 0) is 0 Å². The predicted octanol–water partition coefficient (Wildman–Crippen LogP) is -0.999. The fourth-order valence-electron chi connectivity index (χ4n) is 0.911. The number of likely N-dealkylation sites (tertiary alicyclic amines) is 1. The van der Waals surface area contributed by atoms with Gasteiger partial charge < -0.3 is 10.2 Å². The zero-order valence-corrected chi connectivity index (χ0v) is 4.91. The summed E-state index contributed by atoms with van der Waals surface area (Å²) < 4.78 is 0. The summed E-state index contributed by atoms with van der Waals surface area (Å²) in [6.07, 6.45) is -0.465. The number of hydrogen-bond acceptors (Lipinski definition) is 3. The van der Waals surface area contributed by atoms with Crippen LogP contribution < -0.4 is 0 Å². The quantitative estimate of drug-likeness (QED) is 0.428. The first kappa shape index (κ1) is 6.01. The molecule has 2 N–H and O–H groups in total. The van der Waals surface area contributed by atoms with Crippen LogP contribution in [0.25, 0.3) is 0 Å². The predicted molar refractivity (Wildman–Crippen MR) is 29.3 cm³/mol. The van der Waals surface area contributed by atoms with Gasteiger partial charge in [0.05, 0.1) is 6.10 Å². The van der Waals surface area contributed by atoms with E-state index in [1.165, 1.54) is 0 Å². The third-order valence-corrected chi connectivity index (χ3v) is 1.57. The van der Waals surface area contributed by atoms with E-state index in [0.717, 1.165) is 6.54 Å². The van der Waals surface area contributed by atoms with E-state index >= 15 is 0 Å². The van der Waals surface area contributed by atoms with Gasteiger partial charge in [-0.05, 0) is 13.5 Å². The summed E-state index contributed by atoms with van der Waals surface area (Å²) in [6, 6.07) is 0. The Morgan fingerprint density at radius 3 is 2.25 bits per heavy atom.